The Hall–Kier alpha value is -0.610. The first kappa shape index (κ1) is 14.5. The van der Waals surface area contributed by atoms with Crippen molar-refractivity contribution >= 4 is 5.97 Å². The maximum atomic E-state index is 11.6. The van der Waals surface area contributed by atoms with Crippen LogP contribution in [0.15, 0.2) is 0 Å². The van der Waals surface area contributed by atoms with Gasteiger partial charge in [0.05, 0.1) is 7.11 Å². The van der Waals surface area contributed by atoms with E-state index in [-0.39, 0.29) is 5.97 Å². The summed E-state index contributed by atoms with van der Waals surface area (Å²) in [6, 6.07) is 0.427. The normalized spacial score (nSPS) is 28.6. The third-order valence-electron chi connectivity index (χ3n) is 3.85. The number of methoxy groups -OCH3 is 1. The minimum Gasteiger partial charge on any atom is -0.468 e. The van der Waals surface area contributed by atoms with Gasteiger partial charge < -0.3 is 15.4 Å². The molecule has 4 nitrogen and oxygen atoms in total. The van der Waals surface area contributed by atoms with Gasteiger partial charge in [0.1, 0.15) is 5.54 Å². The van der Waals surface area contributed by atoms with Gasteiger partial charge in [-0.15, -0.1) is 0 Å². The molecule has 0 aromatic heterocycles. The zero-order chi connectivity index (χ0) is 12.9. The predicted octanol–water partition coefficient (Wildman–Crippen LogP) is 1.53. The van der Waals surface area contributed by atoms with Gasteiger partial charge in [-0.3, -0.25) is 4.79 Å². The van der Waals surface area contributed by atoms with Crippen LogP contribution in [0.25, 0.3) is 0 Å². The second kappa shape index (κ2) is 6.36. The molecule has 0 aromatic carbocycles. The lowest BCUT2D eigenvalue weighted by atomic mass is 9.99. The highest BCUT2D eigenvalue weighted by atomic mass is 16.5. The van der Waals surface area contributed by atoms with Gasteiger partial charge in [-0.25, -0.2) is 0 Å². The van der Waals surface area contributed by atoms with Crippen LogP contribution in [0.4, 0.5) is 0 Å². The van der Waals surface area contributed by atoms with Crippen molar-refractivity contribution in [2.75, 3.05) is 20.7 Å². The summed E-state index contributed by atoms with van der Waals surface area (Å²) in [6.07, 6.45) is 6.18. The van der Waals surface area contributed by atoms with Gasteiger partial charge in [-0.2, -0.15) is 0 Å². The number of ether oxygens (including phenoxy) is 1. The Kier molecular flexibility index (Phi) is 5.40. The first-order chi connectivity index (χ1) is 8.03. The Bertz CT molecular complexity index is 258. The zero-order valence-corrected chi connectivity index (χ0v) is 11.4. The average molecular weight is 242 g/mol. The fourth-order valence-electron chi connectivity index (χ4n) is 2.61. The number of hydrogen-bond acceptors (Lipinski definition) is 4. The molecule has 0 radical (unpaired) electrons. The van der Waals surface area contributed by atoms with Crippen LogP contribution < -0.4 is 5.73 Å². The third kappa shape index (κ3) is 3.68. The Morgan fingerprint density at radius 1 is 1.53 bits per heavy atom. The van der Waals surface area contributed by atoms with Crippen molar-refractivity contribution < 1.29 is 9.53 Å². The first-order valence-corrected chi connectivity index (χ1v) is 6.61. The summed E-state index contributed by atoms with van der Waals surface area (Å²) in [5, 5.41) is 0. The average Bonchev–Trinajstić information content (AvgIpc) is 2.72. The van der Waals surface area contributed by atoms with Crippen LogP contribution in [0.2, 0.25) is 0 Å². The Labute approximate surface area is 104 Å². The van der Waals surface area contributed by atoms with Crippen molar-refractivity contribution in [2.45, 2.75) is 57.0 Å². The van der Waals surface area contributed by atoms with Gasteiger partial charge in [0.15, 0.2) is 0 Å². The maximum absolute atomic E-state index is 11.6. The molecule has 1 aliphatic carbocycles. The number of carbonyl (C=O) groups excluding carboxylic acids is 1. The molecule has 1 aliphatic rings. The van der Waals surface area contributed by atoms with E-state index in [2.05, 4.69) is 18.9 Å². The number of hydrogen-bond donors (Lipinski definition) is 1. The molecule has 2 atom stereocenters. The lowest BCUT2D eigenvalue weighted by Crippen LogP contribution is -2.47. The molecule has 0 heterocycles. The summed E-state index contributed by atoms with van der Waals surface area (Å²) < 4.78 is 4.78. The van der Waals surface area contributed by atoms with E-state index in [0.717, 1.165) is 25.8 Å². The van der Waals surface area contributed by atoms with Crippen molar-refractivity contribution in [3.8, 4) is 0 Å². The van der Waals surface area contributed by atoms with Crippen LogP contribution in [0.3, 0.4) is 0 Å². The molecule has 0 amide bonds. The molecule has 0 spiro atoms. The van der Waals surface area contributed by atoms with E-state index in [1.54, 1.807) is 0 Å². The first-order valence-electron chi connectivity index (χ1n) is 6.61. The van der Waals surface area contributed by atoms with E-state index in [1.165, 1.54) is 26.4 Å². The number of rotatable bonds is 6. The van der Waals surface area contributed by atoms with Crippen molar-refractivity contribution in [1.29, 1.82) is 0 Å². The highest BCUT2D eigenvalue weighted by Crippen LogP contribution is 2.31. The smallest absolute Gasteiger partial charge is 0.325 e. The Morgan fingerprint density at radius 3 is 2.82 bits per heavy atom. The monoisotopic (exact) mass is 242 g/mol. The molecular formula is C13H26N2O2. The SMILES string of the molecule is CCCCCN(C)C1CCC(N)(C(=O)OC)C1. The highest BCUT2D eigenvalue weighted by molar-refractivity contribution is 5.81. The molecule has 0 bridgehead atoms. The van der Waals surface area contributed by atoms with Gasteiger partial charge in [-0.05, 0) is 39.3 Å². The summed E-state index contributed by atoms with van der Waals surface area (Å²) in [7, 11) is 3.54. The minimum atomic E-state index is -0.752. The van der Waals surface area contributed by atoms with Crippen LogP contribution in [0.1, 0.15) is 45.4 Å². The van der Waals surface area contributed by atoms with E-state index >= 15 is 0 Å². The summed E-state index contributed by atoms with van der Waals surface area (Å²) in [4.78, 5) is 13.9. The largest absolute Gasteiger partial charge is 0.468 e. The molecular weight excluding hydrogens is 216 g/mol. The van der Waals surface area contributed by atoms with Gasteiger partial charge in [0, 0.05) is 6.04 Å². The predicted molar refractivity (Wildman–Crippen MR) is 68.7 cm³/mol. The molecule has 4 heteroatoms. The van der Waals surface area contributed by atoms with E-state index < -0.39 is 5.54 Å². The lowest BCUT2D eigenvalue weighted by molar-refractivity contribution is -0.146. The van der Waals surface area contributed by atoms with Crippen molar-refractivity contribution in [3.63, 3.8) is 0 Å². The van der Waals surface area contributed by atoms with Crippen molar-refractivity contribution in [3.05, 3.63) is 0 Å². The van der Waals surface area contributed by atoms with Crippen molar-refractivity contribution in [1.82, 2.24) is 4.90 Å². The molecule has 17 heavy (non-hydrogen) atoms. The Morgan fingerprint density at radius 2 is 2.24 bits per heavy atom. The summed E-state index contributed by atoms with van der Waals surface area (Å²) in [5.41, 5.74) is 5.34. The molecule has 2 N–H and O–H groups in total. The number of esters is 1. The van der Waals surface area contributed by atoms with Crippen LogP contribution in [0.5, 0.6) is 0 Å². The quantitative estimate of drug-likeness (QED) is 0.567. The summed E-state index contributed by atoms with van der Waals surface area (Å²) in [5.74, 6) is -0.262. The topological polar surface area (TPSA) is 55.6 Å². The molecule has 1 rings (SSSR count). The standard InChI is InChI=1S/C13H26N2O2/c1-4-5-6-9-15(2)11-7-8-13(14,10-11)12(16)17-3/h11H,4-10,14H2,1-3H3. The van der Waals surface area contributed by atoms with Gasteiger partial charge in [-0.1, -0.05) is 19.8 Å². The molecule has 1 fully saturated rings. The maximum Gasteiger partial charge on any atom is 0.325 e. The van der Waals surface area contributed by atoms with E-state index in [0.29, 0.717) is 6.04 Å². The zero-order valence-electron chi connectivity index (χ0n) is 11.4. The van der Waals surface area contributed by atoms with Crippen LogP contribution in [-0.2, 0) is 9.53 Å². The van der Waals surface area contributed by atoms with E-state index in [1.807, 2.05) is 0 Å². The number of nitrogens with two attached hydrogens (primary N) is 1. The van der Waals surface area contributed by atoms with E-state index in [4.69, 9.17) is 10.5 Å². The molecule has 0 aromatic rings. The molecule has 0 saturated heterocycles. The van der Waals surface area contributed by atoms with E-state index in [9.17, 15) is 4.79 Å². The molecule has 2 unspecified atom stereocenters. The number of carbonyl (C=O) groups is 1. The minimum absolute atomic E-state index is 0.262. The second-order valence-corrected chi connectivity index (χ2v) is 5.23. The van der Waals surface area contributed by atoms with Crippen LogP contribution in [0, 0.1) is 0 Å². The fraction of sp³-hybridized carbons (Fsp3) is 0.923. The third-order valence-corrected chi connectivity index (χ3v) is 3.85. The van der Waals surface area contributed by atoms with Crippen LogP contribution >= 0.6 is 0 Å². The molecule has 1 saturated carbocycles. The molecule has 100 valence electrons. The molecule has 0 aliphatic heterocycles. The van der Waals surface area contributed by atoms with Gasteiger partial charge in [0.25, 0.3) is 0 Å². The summed E-state index contributed by atoms with van der Waals surface area (Å²) >= 11 is 0. The Balaban J connectivity index is 2.41. The van der Waals surface area contributed by atoms with Gasteiger partial charge in [0.2, 0.25) is 0 Å². The summed E-state index contributed by atoms with van der Waals surface area (Å²) in [6.45, 7) is 3.30. The lowest BCUT2D eigenvalue weighted by Gasteiger charge is -2.26. The number of unbranched alkanes of at least 4 members (excludes halogenated alkanes) is 2. The second-order valence-electron chi connectivity index (χ2n) is 5.23. The number of nitrogens with zero attached hydrogens (tertiary/aromatic N) is 1. The van der Waals surface area contributed by atoms with Crippen LogP contribution in [-0.4, -0.2) is 43.2 Å². The fourth-order valence-corrected chi connectivity index (χ4v) is 2.61. The highest BCUT2D eigenvalue weighted by Gasteiger charge is 2.43. The van der Waals surface area contributed by atoms with Crippen molar-refractivity contribution in [2.24, 2.45) is 5.73 Å². The van der Waals surface area contributed by atoms with Gasteiger partial charge >= 0.3 is 5.97 Å².